The molecule has 0 bridgehead atoms. The molecule has 0 saturated heterocycles. The highest BCUT2D eigenvalue weighted by Gasteiger charge is 2.21. The monoisotopic (exact) mass is 247 g/mol. The molecule has 0 atom stereocenters. The third-order valence-electron chi connectivity index (χ3n) is 2.33. The lowest BCUT2D eigenvalue weighted by Gasteiger charge is -2.05. The van der Waals surface area contributed by atoms with Crippen molar-refractivity contribution in [1.82, 2.24) is 4.53 Å². The molecule has 0 heterocycles. The van der Waals surface area contributed by atoms with E-state index in [1.807, 2.05) is 36.4 Å². The Labute approximate surface area is 105 Å². The minimum atomic E-state index is 0.362. The molecule has 2 aromatic rings. The van der Waals surface area contributed by atoms with Crippen LogP contribution in [0.15, 0.2) is 60.7 Å². The van der Waals surface area contributed by atoms with Gasteiger partial charge in [-0.3, -0.25) is 0 Å². The van der Waals surface area contributed by atoms with Crippen LogP contribution in [0.25, 0.3) is 0 Å². The van der Waals surface area contributed by atoms with Crippen molar-refractivity contribution >= 4 is 17.5 Å². The molecule has 4 heteroatoms. The van der Waals surface area contributed by atoms with Crippen molar-refractivity contribution in [2.24, 2.45) is 0 Å². The Hall–Kier alpha value is -1.87. The van der Waals surface area contributed by atoms with Gasteiger partial charge in [0.1, 0.15) is 6.54 Å². The quantitative estimate of drug-likeness (QED) is 0.468. The molecule has 0 spiro atoms. The fraction of sp³-hybridized carbons (Fsp3) is 0.0769. The predicted octanol–water partition coefficient (Wildman–Crippen LogP) is 3.67. The Balaban J connectivity index is 2.06. The van der Waals surface area contributed by atoms with Gasteiger partial charge in [0.2, 0.25) is 0 Å². The summed E-state index contributed by atoms with van der Waals surface area (Å²) in [6.07, 6.45) is 0. The summed E-state index contributed by atoms with van der Waals surface area (Å²) in [4.78, 5) is 12.5. The molecule has 0 aliphatic heterocycles. The zero-order chi connectivity index (χ0) is 12.1. The largest absolute Gasteiger partial charge is 0.293 e. The number of para-hydroxylation sites is 1. The van der Waals surface area contributed by atoms with Crippen molar-refractivity contribution in [2.75, 3.05) is 0 Å². The van der Waals surface area contributed by atoms with E-state index in [2.05, 4.69) is 0 Å². The molecule has 0 unspecified atom stereocenters. The molecule has 17 heavy (non-hydrogen) atoms. The maximum atomic E-state index is 11.9. The lowest BCUT2D eigenvalue weighted by molar-refractivity contribution is -0.611. The maximum absolute atomic E-state index is 11.9. The van der Waals surface area contributed by atoms with E-state index in [0.717, 1.165) is 10.1 Å². The summed E-state index contributed by atoms with van der Waals surface area (Å²) < 4.78 is 1.12. The molecule has 2 rings (SSSR count). The molecule has 2 aromatic carbocycles. The minimum Gasteiger partial charge on any atom is -0.0622 e. The van der Waals surface area contributed by atoms with E-state index in [0.29, 0.717) is 17.1 Å². The number of nitrogens with zero attached hydrogens (tertiary/aromatic N) is 2. The summed E-state index contributed by atoms with van der Waals surface area (Å²) in [5.41, 5.74) is 1.50. The topological polar surface area (TPSA) is 23.3 Å². The van der Waals surface area contributed by atoms with Crippen LogP contribution in [-0.4, -0.2) is 9.40 Å². The Morgan fingerprint density at radius 2 is 1.47 bits per heavy atom. The van der Waals surface area contributed by atoms with Crippen molar-refractivity contribution in [3.8, 4) is 0 Å². The lowest BCUT2D eigenvalue weighted by Crippen LogP contribution is -2.20. The van der Waals surface area contributed by atoms with Crippen molar-refractivity contribution in [1.29, 1.82) is 0 Å². The second-order valence-corrected chi connectivity index (χ2v) is 3.98. The number of rotatable bonds is 4. The molecule has 0 fully saturated rings. The zero-order valence-electron chi connectivity index (χ0n) is 9.16. The van der Waals surface area contributed by atoms with Gasteiger partial charge in [0.25, 0.3) is 5.69 Å². The van der Waals surface area contributed by atoms with Crippen LogP contribution in [-0.2, 0) is 6.54 Å². The van der Waals surface area contributed by atoms with E-state index < -0.39 is 0 Å². The normalized spacial score (nSPS) is 9.94. The molecule has 3 nitrogen and oxygen atoms in total. The molecular weight excluding hydrogens is 236 g/mol. The van der Waals surface area contributed by atoms with Gasteiger partial charge >= 0.3 is 0 Å². The van der Waals surface area contributed by atoms with Gasteiger partial charge in [-0.15, -0.1) is 0 Å². The SMILES string of the molecule is O=[N+](c1ccccc1)N(Cl)Cc1ccccc1. The molecule has 0 aliphatic rings. The number of benzene rings is 2. The predicted molar refractivity (Wildman–Crippen MR) is 67.6 cm³/mol. The van der Waals surface area contributed by atoms with E-state index in [9.17, 15) is 4.91 Å². The zero-order valence-corrected chi connectivity index (χ0v) is 9.92. The molecule has 0 N–H and O–H groups in total. The first kappa shape index (κ1) is 11.6. The third kappa shape index (κ3) is 3.04. The summed E-state index contributed by atoms with van der Waals surface area (Å²) in [5, 5.41) is 0. The second kappa shape index (κ2) is 5.46. The standard InChI is InChI=1S/C13H12ClN2O/c14-15(11-12-7-3-1-4-8-12)16(17)13-9-5-2-6-10-13/h1-10H,11H2/q+1. The summed E-state index contributed by atoms with van der Waals surface area (Å²) >= 11 is 5.95. The summed E-state index contributed by atoms with van der Waals surface area (Å²) in [7, 11) is 0. The van der Waals surface area contributed by atoms with Crippen LogP contribution in [0.3, 0.4) is 0 Å². The van der Waals surface area contributed by atoms with E-state index in [1.165, 1.54) is 0 Å². The fourth-order valence-electron chi connectivity index (χ4n) is 1.48. The molecular formula is C13H12ClN2O+. The molecule has 0 radical (unpaired) electrons. The van der Waals surface area contributed by atoms with E-state index in [4.69, 9.17) is 11.8 Å². The van der Waals surface area contributed by atoms with E-state index in [1.54, 1.807) is 24.3 Å². The van der Waals surface area contributed by atoms with Crippen molar-refractivity contribution in [3.05, 3.63) is 71.1 Å². The van der Waals surface area contributed by atoms with Gasteiger partial charge in [0, 0.05) is 12.1 Å². The third-order valence-corrected chi connectivity index (χ3v) is 2.59. The number of hydrogen-bond donors (Lipinski definition) is 0. The van der Waals surface area contributed by atoms with E-state index in [-0.39, 0.29) is 0 Å². The maximum Gasteiger partial charge on any atom is 0.293 e. The van der Waals surface area contributed by atoms with Crippen LogP contribution in [0.5, 0.6) is 0 Å². The van der Waals surface area contributed by atoms with Gasteiger partial charge in [0.05, 0.1) is 16.7 Å². The average Bonchev–Trinajstić information content (AvgIpc) is 2.40. The summed E-state index contributed by atoms with van der Waals surface area (Å²) in [6, 6.07) is 18.5. The number of hydrazine groups is 1. The molecule has 0 saturated carbocycles. The molecule has 0 amide bonds. The number of hydrogen-bond acceptors (Lipinski definition) is 1. The Morgan fingerprint density at radius 1 is 0.941 bits per heavy atom. The van der Waals surface area contributed by atoms with Crippen LogP contribution < -0.4 is 0 Å². The highest BCUT2D eigenvalue weighted by atomic mass is 35.5. The fourth-order valence-corrected chi connectivity index (χ4v) is 1.70. The van der Waals surface area contributed by atoms with Crippen LogP contribution in [0.1, 0.15) is 5.56 Å². The van der Waals surface area contributed by atoms with Crippen LogP contribution in [0.4, 0.5) is 5.69 Å². The highest BCUT2D eigenvalue weighted by Crippen LogP contribution is 2.16. The highest BCUT2D eigenvalue weighted by molar-refractivity contribution is 6.12. The Bertz CT molecular complexity index is 487. The van der Waals surface area contributed by atoms with Crippen LogP contribution >= 0.6 is 11.8 Å². The average molecular weight is 248 g/mol. The van der Waals surface area contributed by atoms with Gasteiger partial charge in [-0.25, -0.2) is 0 Å². The summed E-state index contributed by atoms with van der Waals surface area (Å²) in [6.45, 7) is 0.362. The van der Waals surface area contributed by atoms with Crippen LogP contribution in [0, 0.1) is 4.91 Å². The van der Waals surface area contributed by atoms with Gasteiger partial charge in [-0.1, -0.05) is 48.5 Å². The van der Waals surface area contributed by atoms with Gasteiger partial charge < -0.3 is 0 Å². The number of nitroso groups, excluding NO2 is 1. The number of halogens is 1. The first-order valence-electron chi connectivity index (χ1n) is 5.27. The van der Waals surface area contributed by atoms with Crippen LogP contribution in [0.2, 0.25) is 0 Å². The second-order valence-electron chi connectivity index (χ2n) is 3.59. The molecule has 86 valence electrons. The van der Waals surface area contributed by atoms with Crippen molar-refractivity contribution in [2.45, 2.75) is 6.54 Å². The molecule has 0 aliphatic carbocycles. The van der Waals surface area contributed by atoms with Gasteiger partial charge in [-0.05, 0) is 10.1 Å². The van der Waals surface area contributed by atoms with Gasteiger partial charge in [0.15, 0.2) is 4.87 Å². The van der Waals surface area contributed by atoms with Crippen molar-refractivity contribution < 1.29 is 4.87 Å². The summed E-state index contributed by atoms with van der Waals surface area (Å²) in [5.74, 6) is 0. The minimum absolute atomic E-state index is 0.362. The lowest BCUT2D eigenvalue weighted by atomic mass is 10.2. The Morgan fingerprint density at radius 3 is 2.06 bits per heavy atom. The molecule has 0 aromatic heterocycles. The van der Waals surface area contributed by atoms with Gasteiger partial charge in [-0.2, -0.15) is 0 Å². The first-order valence-corrected chi connectivity index (χ1v) is 5.60. The van der Waals surface area contributed by atoms with E-state index >= 15 is 0 Å². The van der Waals surface area contributed by atoms with Crippen molar-refractivity contribution in [3.63, 3.8) is 0 Å². The Kier molecular flexibility index (Phi) is 3.73. The first-order chi connectivity index (χ1) is 8.27. The smallest absolute Gasteiger partial charge is 0.0622 e.